The van der Waals surface area contributed by atoms with Gasteiger partial charge in [-0.3, -0.25) is 4.90 Å². The van der Waals surface area contributed by atoms with Crippen LogP contribution < -0.4 is 0 Å². The largest absolute Gasteiger partial charge is 0.379 e. The van der Waals surface area contributed by atoms with Gasteiger partial charge < -0.3 is 9.47 Å². The van der Waals surface area contributed by atoms with E-state index >= 15 is 0 Å². The highest BCUT2D eigenvalue weighted by Gasteiger charge is 2.45. The molecule has 18 heavy (non-hydrogen) atoms. The maximum absolute atomic E-state index is 5.86. The number of thiazole rings is 1. The Bertz CT molecular complexity index is 396. The zero-order valence-electron chi connectivity index (χ0n) is 10.3. The Morgan fingerprint density at radius 3 is 3.33 bits per heavy atom. The van der Waals surface area contributed by atoms with Crippen LogP contribution in [0.15, 0.2) is 24.2 Å². The van der Waals surface area contributed by atoms with E-state index < -0.39 is 0 Å². The molecule has 2 saturated heterocycles. The quantitative estimate of drug-likeness (QED) is 0.757. The van der Waals surface area contributed by atoms with Crippen molar-refractivity contribution in [3.8, 4) is 0 Å². The molecule has 0 radical (unpaired) electrons. The minimum Gasteiger partial charge on any atom is -0.379 e. The predicted octanol–water partition coefficient (Wildman–Crippen LogP) is 1.54. The van der Waals surface area contributed by atoms with Crippen LogP contribution in [0.3, 0.4) is 0 Å². The molecule has 0 aliphatic carbocycles. The van der Waals surface area contributed by atoms with E-state index in [2.05, 4.69) is 16.5 Å². The number of fused-ring (bicyclic) bond motifs is 1. The third kappa shape index (κ3) is 2.36. The number of aromatic nitrogens is 1. The van der Waals surface area contributed by atoms with Crippen molar-refractivity contribution >= 4 is 11.3 Å². The van der Waals surface area contributed by atoms with Crippen LogP contribution in [-0.4, -0.2) is 48.4 Å². The molecule has 2 aliphatic rings. The van der Waals surface area contributed by atoms with Gasteiger partial charge in [0.25, 0.3) is 0 Å². The first-order valence-electron chi connectivity index (χ1n) is 6.31. The number of likely N-dealkylation sites (tertiary alicyclic amines) is 1. The van der Waals surface area contributed by atoms with Crippen molar-refractivity contribution in [3.63, 3.8) is 0 Å². The second kappa shape index (κ2) is 5.48. The molecule has 3 heterocycles. The van der Waals surface area contributed by atoms with Gasteiger partial charge >= 0.3 is 0 Å². The Hall–Kier alpha value is -0.750. The lowest BCUT2D eigenvalue weighted by Gasteiger charge is -2.20. The monoisotopic (exact) mass is 266 g/mol. The number of hydrogen-bond donors (Lipinski definition) is 0. The first kappa shape index (κ1) is 12.3. The van der Waals surface area contributed by atoms with Crippen molar-refractivity contribution in [1.29, 1.82) is 0 Å². The molecular weight excluding hydrogens is 248 g/mol. The van der Waals surface area contributed by atoms with Gasteiger partial charge in [0.15, 0.2) is 0 Å². The normalized spacial score (nSPS) is 31.7. The highest BCUT2D eigenvalue weighted by molar-refractivity contribution is 7.09. The number of ether oxygens (including phenoxy) is 2. The van der Waals surface area contributed by atoms with Crippen LogP contribution in [-0.2, 0) is 16.0 Å². The Balaban J connectivity index is 1.66. The van der Waals surface area contributed by atoms with Gasteiger partial charge in [-0.1, -0.05) is 6.08 Å². The number of hydrogen-bond acceptors (Lipinski definition) is 5. The summed E-state index contributed by atoms with van der Waals surface area (Å²) in [7, 11) is 0. The van der Waals surface area contributed by atoms with Crippen LogP contribution in [0.25, 0.3) is 0 Å². The standard InChI is InChI=1S/C13H18N2O2S/c1-2-4-17-12-6-15(7-13-14-3-5-18-13)11-9-16-8-10(11)12/h2-3,5,10-12H,1,4,6-9H2/t10-,11+,12-/m1/s1. The van der Waals surface area contributed by atoms with Crippen molar-refractivity contribution in [2.45, 2.75) is 18.7 Å². The van der Waals surface area contributed by atoms with Crippen molar-refractivity contribution in [2.75, 3.05) is 26.4 Å². The summed E-state index contributed by atoms with van der Waals surface area (Å²) >= 11 is 1.71. The summed E-state index contributed by atoms with van der Waals surface area (Å²) < 4.78 is 11.5. The van der Waals surface area contributed by atoms with Crippen molar-refractivity contribution in [2.24, 2.45) is 5.92 Å². The topological polar surface area (TPSA) is 34.6 Å². The molecule has 3 rings (SSSR count). The summed E-state index contributed by atoms with van der Waals surface area (Å²) in [5, 5.41) is 3.20. The Labute approximate surface area is 111 Å². The van der Waals surface area contributed by atoms with Crippen LogP contribution in [0, 0.1) is 5.92 Å². The minimum absolute atomic E-state index is 0.274. The van der Waals surface area contributed by atoms with E-state index in [1.807, 2.05) is 17.7 Å². The Morgan fingerprint density at radius 1 is 1.61 bits per heavy atom. The summed E-state index contributed by atoms with van der Waals surface area (Å²) in [5.74, 6) is 0.505. The Kier molecular flexibility index (Phi) is 3.75. The first-order chi connectivity index (χ1) is 8.88. The van der Waals surface area contributed by atoms with Gasteiger partial charge in [-0.25, -0.2) is 4.98 Å². The third-order valence-corrected chi connectivity index (χ3v) is 4.47. The summed E-state index contributed by atoms with van der Waals surface area (Å²) in [6.07, 6.45) is 3.95. The molecule has 98 valence electrons. The van der Waals surface area contributed by atoms with Crippen LogP contribution in [0.5, 0.6) is 0 Å². The Morgan fingerprint density at radius 2 is 2.56 bits per heavy atom. The number of nitrogens with zero attached hydrogens (tertiary/aromatic N) is 2. The lowest BCUT2D eigenvalue weighted by molar-refractivity contribution is 0.0342. The summed E-state index contributed by atoms with van der Waals surface area (Å²) in [4.78, 5) is 6.81. The summed E-state index contributed by atoms with van der Waals surface area (Å²) in [5.41, 5.74) is 0. The fraction of sp³-hybridized carbons (Fsp3) is 0.615. The smallest absolute Gasteiger partial charge is 0.107 e. The maximum atomic E-state index is 5.86. The number of rotatable bonds is 5. The second-order valence-corrected chi connectivity index (χ2v) is 5.76. The van der Waals surface area contributed by atoms with Crippen molar-refractivity contribution < 1.29 is 9.47 Å². The SMILES string of the molecule is C=CCO[C@@H]1CN(Cc2nccs2)[C@H]2COC[C@@H]12. The fourth-order valence-electron chi connectivity index (χ4n) is 2.85. The van der Waals surface area contributed by atoms with Gasteiger partial charge in [0.1, 0.15) is 5.01 Å². The molecule has 0 saturated carbocycles. The van der Waals surface area contributed by atoms with Gasteiger partial charge in [0.2, 0.25) is 0 Å². The zero-order valence-corrected chi connectivity index (χ0v) is 11.1. The molecule has 3 atom stereocenters. The van der Waals surface area contributed by atoms with Crippen LogP contribution in [0.4, 0.5) is 0 Å². The van der Waals surface area contributed by atoms with Crippen molar-refractivity contribution in [3.05, 3.63) is 29.2 Å². The molecule has 0 bridgehead atoms. The average Bonchev–Trinajstić information content (AvgIpc) is 3.06. The molecule has 2 aliphatic heterocycles. The fourth-order valence-corrected chi connectivity index (χ4v) is 3.49. The van der Waals surface area contributed by atoms with E-state index in [0.29, 0.717) is 18.6 Å². The molecule has 0 amide bonds. The maximum Gasteiger partial charge on any atom is 0.107 e. The lowest BCUT2D eigenvalue weighted by Crippen LogP contribution is -2.32. The van der Waals surface area contributed by atoms with Crippen LogP contribution >= 0.6 is 11.3 Å². The van der Waals surface area contributed by atoms with Gasteiger partial charge in [0, 0.05) is 30.1 Å². The molecule has 5 heteroatoms. The van der Waals surface area contributed by atoms with Crippen molar-refractivity contribution in [1.82, 2.24) is 9.88 Å². The van der Waals surface area contributed by atoms with E-state index in [9.17, 15) is 0 Å². The second-order valence-electron chi connectivity index (χ2n) is 4.78. The van der Waals surface area contributed by atoms with E-state index in [1.165, 1.54) is 5.01 Å². The first-order valence-corrected chi connectivity index (χ1v) is 7.19. The zero-order chi connectivity index (χ0) is 12.4. The molecule has 1 aromatic rings. The van der Waals surface area contributed by atoms with E-state index in [1.54, 1.807) is 11.3 Å². The minimum atomic E-state index is 0.274. The molecule has 1 aromatic heterocycles. The van der Waals surface area contributed by atoms with Gasteiger partial charge in [-0.2, -0.15) is 0 Å². The molecule has 0 unspecified atom stereocenters. The van der Waals surface area contributed by atoms with Gasteiger partial charge in [-0.15, -0.1) is 17.9 Å². The highest BCUT2D eigenvalue weighted by atomic mass is 32.1. The van der Waals surface area contributed by atoms with E-state index in [-0.39, 0.29) is 6.10 Å². The molecule has 0 spiro atoms. The van der Waals surface area contributed by atoms with E-state index in [4.69, 9.17) is 9.47 Å². The molecule has 4 nitrogen and oxygen atoms in total. The molecule has 0 aromatic carbocycles. The van der Waals surface area contributed by atoms with Crippen LogP contribution in [0.2, 0.25) is 0 Å². The molecule has 0 N–H and O–H groups in total. The highest BCUT2D eigenvalue weighted by Crippen LogP contribution is 2.33. The van der Waals surface area contributed by atoms with Gasteiger partial charge in [-0.05, 0) is 0 Å². The van der Waals surface area contributed by atoms with Crippen LogP contribution in [0.1, 0.15) is 5.01 Å². The van der Waals surface area contributed by atoms with E-state index in [0.717, 1.165) is 26.3 Å². The molecular formula is C13H18N2O2S. The molecule has 2 fully saturated rings. The summed E-state index contributed by atoms with van der Waals surface area (Å²) in [6.45, 7) is 7.87. The summed E-state index contributed by atoms with van der Waals surface area (Å²) in [6, 6.07) is 0.490. The predicted molar refractivity (Wildman–Crippen MR) is 70.6 cm³/mol. The van der Waals surface area contributed by atoms with Gasteiger partial charge in [0.05, 0.1) is 32.5 Å². The average molecular weight is 266 g/mol. The lowest BCUT2D eigenvalue weighted by atomic mass is 10.0. The third-order valence-electron chi connectivity index (χ3n) is 3.70.